The lowest BCUT2D eigenvalue weighted by atomic mass is 9.70. The number of halogens is 1. The fourth-order valence-electron chi connectivity index (χ4n) is 7.44. The van der Waals surface area contributed by atoms with E-state index in [1.165, 1.54) is 0 Å². The monoisotopic (exact) mass is 659 g/mol. The number of fused-ring (bicyclic) bond motifs is 1. The van der Waals surface area contributed by atoms with Crippen molar-refractivity contribution in [1.29, 1.82) is 0 Å². The van der Waals surface area contributed by atoms with Crippen molar-refractivity contribution in [2.24, 2.45) is 17.8 Å². The van der Waals surface area contributed by atoms with Crippen LogP contribution in [0.25, 0.3) is 0 Å². The van der Waals surface area contributed by atoms with Crippen LogP contribution in [0, 0.1) is 17.8 Å². The predicted octanol–water partition coefficient (Wildman–Crippen LogP) is 5.28. The molecule has 1 aromatic rings. The number of alkyl halides is 1. The van der Waals surface area contributed by atoms with Crippen LogP contribution in [0.3, 0.4) is 0 Å². The largest absolute Gasteiger partial charge is 0.394 e. The highest BCUT2D eigenvalue weighted by Gasteiger charge is 2.76. The Kier molecular flexibility index (Phi) is 10.7. The number of thioether (sulfide) groups is 1. The SMILES string of the molecule is C=CCN(C(=O)[C@H]1[C@@H]2SC3(CC2Br)C(C(=O)N(CC=C)C(C)CCC)N([C@@H](CO)CC(C)C)C(=O)[C@H]13)c1ccccc1. The summed E-state index contributed by atoms with van der Waals surface area (Å²) in [6, 6.07) is 8.16. The molecule has 9 heteroatoms. The average molecular weight is 661 g/mol. The first kappa shape index (κ1) is 32.8. The molecule has 3 amide bonds. The number of hydrogen-bond acceptors (Lipinski definition) is 5. The van der Waals surface area contributed by atoms with Crippen molar-refractivity contribution in [1.82, 2.24) is 9.80 Å². The van der Waals surface area contributed by atoms with Crippen molar-refractivity contribution in [3.05, 3.63) is 55.6 Å². The number of carbonyl (C=O) groups is 3. The third-order valence-corrected chi connectivity index (χ3v) is 12.3. The third kappa shape index (κ3) is 5.73. The molecule has 1 aromatic carbocycles. The van der Waals surface area contributed by atoms with Crippen LogP contribution in [-0.2, 0) is 14.4 Å². The molecule has 8 atom stereocenters. The minimum Gasteiger partial charge on any atom is -0.394 e. The third-order valence-electron chi connectivity index (χ3n) is 9.09. The summed E-state index contributed by atoms with van der Waals surface area (Å²) in [6.07, 6.45) is 6.37. The number of anilines is 1. The van der Waals surface area contributed by atoms with E-state index in [1.807, 2.05) is 42.2 Å². The Morgan fingerprint density at radius 3 is 2.40 bits per heavy atom. The average Bonchev–Trinajstić information content (AvgIpc) is 3.56. The lowest BCUT2D eigenvalue weighted by molar-refractivity contribution is -0.147. The molecule has 0 radical (unpaired) electrons. The molecule has 1 spiro atoms. The Morgan fingerprint density at radius 2 is 1.83 bits per heavy atom. The summed E-state index contributed by atoms with van der Waals surface area (Å²) >= 11 is 5.52. The first-order chi connectivity index (χ1) is 20.1. The number of amides is 3. The number of aliphatic hydroxyl groups excluding tert-OH is 1. The van der Waals surface area contributed by atoms with Crippen molar-refractivity contribution in [2.75, 3.05) is 24.6 Å². The van der Waals surface area contributed by atoms with E-state index in [9.17, 15) is 19.5 Å². The van der Waals surface area contributed by atoms with E-state index in [2.05, 4.69) is 49.9 Å². The zero-order chi connectivity index (χ0) is 30.8. The maximum absolute atomic E-state index is 14.7. The van der Waals surface area contributed by atoms with Crippen LogP contribution in [0.5, 0.6) is 0 Å². The molecule has 0 aromatic heterocycles. The summed E-state index contributed by atoms with van der Waals surface area (Å²) < 4.78 is -0.778. The molecule has 3 heterocycles. The van der Waals surface area contributed by atoms with Crippen LogP contribution in [0.15, 0.2) is 55.6 Å². The normalized spacial score (nSPS) is 29.4. The lowest BCUT2D eigenvalue weighted by Crippen LogP contribution is -2.59. The van der Waals surface area contributed by atoms with Crippen molar-refractivity contribution in [3.63, 3.8) is 0 Å². The second-order valence-corrected chi connectivity index (χ2v) is 15.1. The topological polar surface area (TPSA) is 81.2 Å². The molecule has 3 aliphatic rings. The van der Waals surface area contributed by atoms with Crippen LogP contribution in [0.2, 0.25) is 0 Å². The molecule has 4 rings (SSSR count). The molecule has 3 aliphatic heterocycles. The number of benzene rings is 1. The molecule has 230 valence electrons. The highest BCUT2D eigenvalue weighted by atomic mass is 79.9. The quantitative estimate of drug-likeness (QED) is 0.217. The highest BCUT2D eigenvalue weighted by Crippen LogP contribution is 2.68. The zero-order valence-electron chi connectivity index (χ0n) is 25.3. The highest BCUT2D eigenvalue weighted by molar-refractivity contribution is 9.09. The first-order valence-electron chi connectivity index (χ1n) is 15.2. The standard InChI is InChI=1S/C33H46BrN3O4S/c1-7-13-22(6)35(16-8-2)32(41)29-33-19-25(34)28(42-33)26(27(33)31(40)37(29)24(20-38)18-21(4)5)30(39)36(17-9-3)23-14-11-10-12-15-23/h8-12,14-15,21-22,24-29,38H,2-3,7,13,16-20H2,1,4-6H3/t22?,24-,25?,26-,27+,28-,29?,33?/m1/s1. The molecule has 42 heavy (non-hydrogen) atoms. The van der Waals surface area contributed by atoms with Gasteiger partial charge >= 0.3 is 0 Å². The van der Waals surface area contributed by atoms with Crippen LogP contribution in [-0.4, -0.2) is 85.3 Å². The first-order valence-corrected chi connectivity index (χ1v) is 17.0. The molecule has 1 N–H and O–H groups in total. The van der Waals surface area contributed by atoms with E-state index in [0.29, 0.717) is 25.9 Å². The van der Waals surface area contributed by atoms with E-state index in [0.717, 1.165) is 18.5 Å². The van der Waals surface area contributed by atoms with Gasteiger partial charge in [-0.15, -0.1) is 24.9 Å². The van der Waals surface area contributed by atoms with Gasteiger partial charge in [-0.2, -0.15) is 0 Å². The summed E-state index contributed by atoms with van der Waals surface area (Å²) in [5, 5.41) is 10.5. The van der Waals surface area contributed by atoms with Crippen LogP contribution in [0.1, 0.15) is 53.4 Å². The maximum Gasteiger partial charge on any atom is 0.247 e. The second-order valence-electron chi connectivity index (χ2n) is 12.4. The zero-order valence-corrected chi connectivity index (χ0v) is 27.7. The maximum atomic E-state index is 14.7. The van der Waals surface area contributed by atoms with Crippen molar-refractivity contribution in [2.45, 2.75) is 86.3 Å². The van der Waals surface area contributed by atoms with E-state index in [4.69, 9.17) is 0 Å². The number of likely N-dealkylation sites (tertiary alicyclic amines) is 1. The molecule has 0 aliphatic carbocycles. The van der Waals surface area contributed by atoms with Gasteiger partial charge in [0.15, 0.2) is 0 Å². The summed E-state index contributed by atoms with van der Waals surface area (Å²) in [4.78, 5) is 49.2. The van der Waals surface area contributed by atoms with Gasteiger partial charge in [-0.25, -0.2) is 0 Å². The van der Waals surface area contributed by atoms with Gasteiger partial charge in [0.1, 0.15) is 6.04 Å². The fourth-order valence-corrected chi connectivity index (χ4v) is 11.0. The minimum atomic E-state index is -0.778. The Balaban J connectivity index is 1.84. The fraction of sp³-hybridized carbons (Fsp3) is 0.606. The van der Waals surface area contributed by atoms with Gasteiger partial charge < -0.3 is 19.8 Å². The van der Waals surface area contributed by atoms with Gasteiger partial charge in [0.25, 0.3) is 0 Å². The molecule has 4 unspecified atom stereocenters. The van der Waals surface area contributed by atoms with Gasteiger partial charge in [-0.3, -0.25) is 14.4 Å². The predicted molar refractivity (Wildman–Crippen MR) is 175 cm³/mol. The molecule has 7 nitrogen and oxygen atoms in total. The van der Waals surface area contributed by atoms with Gasteiger partial charge in [0, 0.05) is 34.9 Å². The molecular weight excluding hydrogens is 614 g/mol. The molecular formula is C33H46BrN3O4S. The number of hydrogen-bond donors (Lipinski definition) is 1. The van der Waals surface area contributed by atoms with E-state index >= 15 is 0 Å². The van der Waals surface area contributed by atoms with E-state index < -0.39 is 28.7 Å². The molecule has 0 saturated carbocycles. The number of nitrogens with zero attached hydrogens (tertiary/aromatic N) is 3. The smallest absolute Gasteiger partial charge is 0.247 e. The second kappa shape index (κ2) is 13.7. The molecule has 3 fully saturated rings. The van der Waals surface area contributed by atoms with Gasteiger partial charge in [0.05, 0.1) is 29.2 Å². The summed E-state index contributed by atoms with van der Waals surface area (Å²) in [5.41, 5.74) is 0.754. The van der Waals surface area contributed by atoms with Gasteiger partial charge in [-0.1, -0.05) is 73.5 Å². The van der Waals surface area contributed by atoms with Crippen molar-refractivity contribution < 1.29 is 19.5 Å². The number of aliphatic hydroxyl groups is 1. The summed E-state index contributed by atoms with van der Waals surface area (Å²) in [5.74, 6) is -1.48. The van der Waals surface area contributed by atoms with Crippen LogP contribution < -0.4 is 4.90 Å². The Morgan fingerprint density at radius 1 is 1.17 bits per heavy atom. The van der Waals surface area contributed by atoms with Gasteiger partial charge in [-0.05, 0) is 44.2 Å². The van der Waals surface area contributed by atoms with Crippen molar-refractivity contribution in [3.8, 4) is 0 Å². The summed E-state index contributed by atoms with van der Waals surface area (Å²) in [6.45, 7) is 16.5. The number of carbonyl (C=O) groups excluding carboxylic acids is 3. The lowest BCUT2D eigenvalue weighted by Gasteiger charge is -2.41. The van der Waals surface area contributed by atoms with Crippen LogP contribution >= 0.6 is 27.7 Å². The molecule has 3 saturated heterocycles. The number of para-hydroxylation sites is 1. The van der Waals surface area contributed by atoms with E-state index in [1.54, 1.807) is 33.7 Å². The minimum absolute atomic E-state index is 0.0318. The Labute approximate surface area is 263 Å². The number of rotatable bonds is 14. The Bertz CT molecular complexity index is 1170. The molecule has 2 bridgehead atoms. The van der Waals surface area contributed by atoms with Crippen LogP contribution in [0.4, 0.5) is 5.69 Å². The van der Waals surface area contributed by atoms with Gasteiger partial charge in [0.2, 0.25) is 17.7 Å². The van der Waals surface area contributed by atoms with E-state index in [-0.39, 0.29) is 46.4 Å². The summed E-state index contributed by atoms with van der Waals surface area (Å²) in [7, 11) is 0. The van der Waals surface area contributed by atoms with Crippen molar-refractivity contribution >= 4 is 51.1 Å². The Hall–Kier alpha value is -2.10.